The predicted octanol–water partition coefficient (Wildman–Crippen LogP) is 2.68. The Morgan fingerprint density at radius 1 is 1.28 bits per heavy atom. The third-order valence-electron chi connectivity index (χ3n) is 3.80. The van der Waals surface area contributed by atoms with E-state index in [1.165, 1.54) is 0 Å². The molecule has 1 aliphatic carbocycles. The summed E-state index contributed by atoms with van der Waals surface area (Å²) in [6.07, 6.45) is 3.12. The van der Waals surface area contributed by atoms with Gasteiger partial charge in [-0.15, -0.1) is 0 Å². The number of aliphatic hydroxyl groups excluding tert-OH is 1. The Hall–Kier alpha value is -1.32. The van der Waals surface area contributed by atoms with Crippen molar-refractivity contribution in [3.05, 3.63) is 36.1 Å². The van der Waals surface area contributed by atoms with E-state index in [0.717, 1.165) is 49.1 Å². The number of hydrogen-bond donors (Lipinski definition) is 2. The number of fused-ring (bicyclic) bond motifs is 1. The standard InChI is InChI=1S/C15H19NO2/c17-14-6-3-5-12(14)9-16-10-13-8-11-4-1-2-7-15(11)18-13/h1-2,4,7-8,12,14,16-17H,3,5-6,9-10H2. The fourth-order valence-electron chi connectivity index (χ4n) is 2.76. The summed E-state index contributed by atoms with van der Waals surface area (Å²) >= 11 is 0. The van der Waals surface area contributed by atoms with Gasteiger partial charge in [-0.05, 0) is 30.9 Å². The van der Waals surface area contributed by atoms with Gasteiger partial charge in [-0.1, -0.05) is 24.6 Å². The lowest BCUT2D eigenvalue weighted by atomic mass is 10.1. The van der Waals surface area contributed by atoms with Crippen LogP contribution < -0.4 is 5.32 Å². The molecule has 18 heavy (non-hydrogen) atoms. The van der Waals surface area contributed by atoms with Gasteiger partial charge in [-0.2, -0.15) is 0 Å². The molecule has 0 aliphatic heterocycles. The molecule has 1 aromatic carbocycles. The lowest BCUT2D eigenvalue weighted by Gasteiger charge is -2.14. The number of hydrogen-bond acceptors (Lipinski definition) is 3. The van der Waals surface area contributed by atoms with Crippen molar-refractivity contribution in [1.82, 2.24) is 5.32 Å². The van der Waals surface area contributed by atoms with Crippen molar-refractivity contribution in [2.45, 2.75) is 31.9 Å². The molecule has 1 saturated carbocycles. The smallest absolute Gasteiger partial charge is 0.134 e. The van der Waals surface area contributed by atoms with Crippen LogP contribution >= 0.6 is 0 Å². The Balaban J connectivity index is 1.56. The minimum absolute atomic E-state index is 0.117. The van der Waals surface area contributed by atoms with Gasteiger partial charge in [0.2, 0.25) is 0 Å². The van der Waals surface area contributed by atoms with E-state index in [1.807, 2.05) is 18.2 Å². The molecule has 2 atom stereocenters. The van der Waals surface area contributed by atoms with Crippen LogP contribution in [0.15, 0.2) is 34.7 Å². The first-order valence-corrected chi connectivity index (χ1v) is 6.69. The van der Waals surface area contributed by atoms with Gasteiger partial charge in [-0.3, -0.25) is 0 Å². The monoisotopic (exact) mass is 245 g/mol. The normalized spacial score (nSPS) is 23.8. The second kappa shape index (κ2) is 5.12. The van der Waals surface area contributed by atoms with Gasteiger partial charge in [-0.25, -0.2) is 0 Å². The van der Waals surface area contributed by atoms with E-state index in [2.05, 4.69) is 17.4 Å². The Morgan fingerprint density at radius 2 is 2.17 bits per heavy atom. The molecule has 96 valence electrons. The molecule has 2 aromatic rings. The van der Waals surface area contributed by atoms with Gasteiger partial charge < -0.3 is 14.8 Å². The average Bonchev–Trinajstić information content (AvgIpc) is 2.96. The highest BCUT2D eigenvalue weighted by Gasteiger charge is 2.24. The minimum Gasteiger partial charge on any atom is -0.460 e. The van der Waals surface area contributed by atoms with Gasteiger partial charge in [0.05, 0.1) is 12.6 Å². The Morgan fingerprint density at radius 3 is 2.94 bits per heavy atom. The summed E-state index contributed by atoms with van der Waals surface area (Å²) < 4.78 is 5.73. The topological polar surface area (TPSA) is 45.4 Å². The zero-order valence-electron chi connectivity index (χ0n) is 10.4. The van der Waals surface area contributed by atoms with Gasteiger partial charge in [0.25, 0.3) is 0 Å². The molecular formula is C15H19NO2. The molecule has 1 fully saturated rings. The maximum atomic E-state index is 9.74. The van der Waals surface area contributed by atoms with Gasteiger partial charge in [0.1, 0.15) is 11.3 Å². The van der Waals surface area contributed by atoms with E-state index in [0.29, 0.717) is 5.92 Å². The first kappa shape index (κ1) is 11.8. The van der Waals surface area contributed by atoms with E-state index in [1.54, 1.807) is 0 Å². The SMILES string of the molecule is OC1CCCC1CNCc1cc2ccccc2o1. The molecule has 2 unspecified atom stereocenters. The molecule has 0 amide bonds. The van der Waals surface area contributed by atoms with Crippen molar-refractivity contribution in [3.8, 4) is 0 Å². The molecule has 2 N–H and O–H groups in total. The number of aliphatic hydroxyl groups is 1. The summed E-state index contributed by atoms with van der Waals surface area (Å²) in [6.45, 7) is 1.61. The molecule has 1 aliphatic rings. The summed E-state index contributed by atoms with van der Waals surface area (Å²) in [5.74, 6) is 1.37. The Bertz CT molecular complexity index is 487. The first-order chi connectivity index (χ1) is 8.83. The molecule has 1 heterocycles. The summed E-state index contributed by atoms with van der Waals surface area (Å²) in [4.78, 5) is 0. The van der Waals surface area contributed by atoms with Crippen LogP contribution in [0.5, 0.6) is 0 Å². The van der Waals surface area contributed by atoms with Crippen LogP contribution in [0.2, 0.25) is 0 Å². The summed E-state index contributed by atoms with van der Waals surface area (Å²) in [5, 5.41) is 14.3. The fraction of sp³-hybridized carbons (Fsp3) is 0.467. The van der Waals surface area contributed by atoms with Crippen LogP contribution in [0.1, 0.15) is 25.0 Å². The van der Waals surface area contributed by atoms with Crippen LogP contribution in [-0.4, -0.2) is 17.8 Å². The highest BCUT2D eigenvalue weighted by atomic mass is 16.3. The zero-order valence-corrected chi connectivity index (χ0v) is 10.4. The third kappa shape index (κ3) is 2.42. The van der Waals surface area contributed by atoms with Gasteiger partial charge in [0.15, 0.2) is 0 Å². The van der Waals surface area contributed by atoms with E-state index in [-0.39, 0.29) is 6.10 Å². The van der Waals surface area contributed by atoms with Crippen molar-refractivity contribution in [2.24, 2.45) is 5.92 Å². The van der Waals surface area contributed by atoms with Crippen molar-refractivity contribution < 1.29 is 9.52 Å². The Kier molecular flexibility index (Phi) is 3.35. The first-order valence-electron chi connectivity index (χ1n) is 6.69. The average molecular weight is 245 g/mol. The predicted molar refractivity (Wildman–Crippen MR) is 71.3 cm³/mol. The molecule has 1 aromatic heterocycles. The highest BCUT2D eigenvalue weighted by molar-refractivity contribution is 5.77. The maximum Gasteiger partial charge on any atom is 0.134 e. The van der Waals surface area contributed by atoms with E-state index >= 15 is 0 Å². The van der Waals surface area contributed by atoms with Gasteiger partial charge >= 0.3 is 0 Å². The minimum atomic E-state index is -0.117. The second-order valence-electron chi connectivity index (χ2n) is 5.14. The molecule has 0 radical (unpaired) electrons. The highest BCUT2D eigenvalue weighted by Crippen LogP contribution is 2.25. The van der Waals surface area contributed by atoms with Gasteiger partial charge in [0, 0.05) is 11.9 Å². The Labute approximate surface area is 107 Å². The van der Waals surface area contributed by atoms with Crippen molar-refractivity contribution in [2.75, 3.05) is 6.54 Å². The quantitative estimate of drug-likeness (QED) is 0.870. The molecule has 0 bridgehead atoms. The van der Waals surface area contributed by atoms with E-state index in [4.69, 9.17) is 4.42 Å². The lowest BCUT2D eigenvalue weighted by molar-refractivity contribution is 0.131. The molecule has 3 nitrogen and oxygen atoms in total. The molecule has 3 rings (SSSR count). The molecule has 3 heteroatoms. The van der Waals surface area contributed by atoms with Crippen molar-refractivity contribution in [3.63, 3.8) is 0 Å². The summed E-state index contributed by atoms with van der Waals surface area (Å²) in [6, 6.07) is 10.1. The maximum absolute atomic E-state index is 9.74. The second-order valence-corrected chi connectivity index (χ2v) is 5.14. The fourth-order valence-corrected chi connectivity index (χ4v) is 2.76. The van der Waals surface area contributed by atoms with Crippen LogP contribution in [0, 0.1) is 5.92 Å². The molecule has 0 saturated heterocycles. The summed E-state index contributed by atoms with van der Waals surface area (Å²) in [7, 11) is 0. The van der Waals surface area contributed by atoms with E-state index < -0.39 is 0 Å². The molecular weight excluding hydrogens is 226 g/mol. The van der Waals surface area contributed by atoms with Crippen LogP contribution in [0.3, 0.4) is 0 Å². The van der Waals surface area contributed by atoms with Crippen LogP contribution in [0.4, 0.5) is 0 Å². The van der Waals surface area contributed by atoms with Crippen molar-refractivity contribution >= 4 is 11.0 Å². The number of furan rings is 1. The number of benzene rings is 1. The number of nitrogens with one attached hydrogen (secondary N) is 1. The number of rotatable bonds is 4. The summed E-state index contributed by atoms with van der Waals surface area (Å²) in [5.41, 5.74) is 0.940. The van der Waals surface area contributed by atoms with Crippen LogP contribution in [-0.2, 0) is 6.54 Å². The van der Waals surface area contributed by atoms with Crippen LogP contribution in [0.25, 0.3) is 11.0 Å². The zero-order chi connectivity index (χ0) is 12.4. The number of para-hydroxylation sites is 1. The largest absolute Gasteiger partial charge is 0.460 e. The van der Waals surface area contributed by atoms with E-state index in [9.17, 15) is 5.11 Å². The molecule has 0 spiro atoms. The lowest BCUT2D eigenvalue weighted by Crippen LogP contribution is -2.27. The third-order valence-corrected chi connectivity index (χ3v) is 3.80. The van der Waals surface area contributed by atoms with Crippen molar-refractivity contribution in [1.29, 1.82) is 0 Å².